The lowest BCUT2D eigenvalue weighted by atomic mass is 10.2. The molecule has 0 amide bonds. The van der Waals surface area contributed by atoms with E-state index in [-0.39, 0.29) is 18.2 Å². The summed E-state index contributed by atoms with van der Waals surface area (Å²) in [6.45, 7) is 10.9. The van der Waals surface area contributed by atoms with Gasteiger partial charge in [-0.3, -0.25) is 4.79 Å². The van der Waals surface area contributed by atoms with Crippen LogP contribution in [0.2, 0.25) is 0 Å². The number of rotatable bonds is 16. The van der Waals surface area contributed by atoms with Crippen molar-refractivity contribution in [3.8, 4) is 0 Å². The Balaban J connectivity index is 3.17. The van der Waals surface area contributed by atoms with Crippen LogP contribution >= 0.6 is 0 Å². The number of hydrogen-bond acceptors (Lipinski definition) is 7. The molecular formula is C18H34O7. The summed E-state index contributed by atoms with van der Waals surface area (Å²) in [5, 5.41) is 0. The van der Waals surface area contributed by atoms with Crippen LogP contribution in [0.25, 0.3) is 0 Å². The molecule has 148 valence electrons. The third-order valence-corrected chi connectivity index (χ3v) is 2.80. The zero-order valence-electron chi connectivity index (χ0n) is 16.1. The number of Topliss-reactive ketones (excluding diaryl/α,β-unsaturated/α-hetero) is 1. The molecule has 25 heavy (non-hydrogen) atoms. The molecular weight excluding hydrogens is 328 g/mol. The van der Waals surface area contributed by atoms with Crippen LogP contribution in [0.5, 0.6) is 0 Å². The third kappa shape index (κ3) is 20.9. The number of hydrogen-bond donors (Lipinski definition) is 0. The minimum atomic E-state index is -0.459. The molecule has 0 aromatic carbocycles. The number of ether oxygens (including phenoxy) is 5. The molecule has 7 nitrogen and oxygen atoms in total. The zero-order valence-corrected chi connectivity index (χ0v) is 16.1. The predicted octanol–water partition coefficient (Wildman–Crippen LogP) is 2.15. The topological polar surface area (TPSA) is 80.3 Å². The maximum absolute atomic E-state index is 11.4. The highest BCUT2D eigenvalue weighted by Gasteiger charge is 2.15. The molecule has 0 N–H and O–H groups in total. The van der Waals surface area contributed by atoms with Crippen molar-refractivity contribution < 1.29 is 33.3 Å². The largest absolute Gasteiger partial charge is 0.460 e. The van der Waals surface area contributed by atoms with Gasteiger partial charge in [-0.1, -0.05) is 0 Å². The van der Waals surface area contributed by atoms with E-state index in [1.165, 1.54) is 0 Å². The Kier molecular flexibility index (Phi) is 14.6. The van der Waals surface area contributed by atoms with Gasteiger partial charge in [0.25, 0.3) is 0 Å². The standard InChI is InChI=1S/C18H34O7/c1-16(19)6-5-8-21-10-12-23-14-15-24-13-11-22-9-7-17(20)25-18(2,3)4/h5-15H2,1-4H3. The average molecular weight is 362 g/mol. The number of carbonyl (C=O) groups is 2. The fourth-order valence-corrected chi connectivity index (χ4v) is 1.73. The normalized spacial score (nSPS) is 11.5. The fourth-order valence-electron chi connectivity index (χ4n) is 1.73. The summed E-state index contributed by atoms with van der Waals surface area (Å²) in [4.78, 5) is 22.2. The van der Waals surface area contributed by atoms with Crippen LogP contribution in [0.4, 0.5) is 0 Å². The summed E-state index contributed by atoms with van der Waals surface area (Å²) in [5.41, 5.74) is -0.459. The number of ketones is 1. The maximum atomic E-state index is 11.4. The highest BCUT2D eigenvalue weighted by Crippen LogP contribution is 2.07. The SMILES string of the molecule is CC(=O)CCCOCCOCCOCCOCCC(=O)OC(C)(C)C. The van der Waals surface area contributed by atoms with Gasteiger partial charge >= 0.3 is 5.97 Å². The minimum Gasteiger partial charge on any atom is -0.460 e. The molecule has 7 heteroatoms. The second-order valence-electron chi connectivity index (χ2n) is 6.59. The van der Waals surface area contributed by atoms with Gasteiger partial charge in [0.15, 0.2) is 0 Å². The van der Waals surface area contributed by atoms with Crippen LogP contribution in [0, 0.1) is 0 Å². The molecule has 0 unspecified atom stereocenters. The zero-order chi connectivity index (χ0) is 19.0. The Hall–Kier alpha value is -1.02. The highest BCUT2D eigenvalue weighted by atomic mass is 16.6. The van der Waals surface area contributed by atoms with E-state index in [1.807, 2.05) is 20.8 Å². The van der Waals surface area contributed by atoms with E-state index in [4.69, 9.17) is 23.7 Å². The quantitative estimate of drug-likeness (QED) is 0.307. The summed E-state index contributed by atoms with van der Waals surface area (Å²) in [5.74, 6) is -0.0730. The molecule has 0 aromatic heterocycles. The molecule has 0 saturated heterocycles. The van der Waals surface area contributed by atoms with E-state index >= 15 is 0 Å². The lowest BCUT2D eigenvalue weighted by Crippen LogP contribution is -2.24. The highest BCUT2D eigenvalue weighted by molar-refractivity contribution is 5.75. The van der Waals surface area contributed by atoms with Crippen LogP contribution < -0.4 is 0 Å². The van der Waals surface area contributed by atoms with Gasteiger partial charge < -0.3 is 28.5 Å². The Bertz CT molecular complexity index is 350. The van der Waals surface area contributed by atoms with Gasteiger partial charge in [0.2, 0.25) is 0 Å². The van der Waals surface area contributed by atoms with Gasteiger partial charge in [0.05, 0.1) is 52.7 Å². The van der Waals surface area contributed by atoms with Crippen molar-refractivity contribution in [3.63, 3.8) is 0 Å². The smallest absolute Gasteiger partial charge is 0.308 e. The van der Waals surface area contributed by atoms with Crippen molar-refractivity contribution in [2.45, 2.75) is 52.6 Å². The van der Waals surface area contributed by atoms with Gasteiger partial charge in [0.1, 0.15) is 11.4 Å². The van der Waals surface area contributed by atoms with Crippen molar-refractivity contribution in [1.82, 2.24) is 0 Å². The first-order chi connectivity index (χ1) is 11.8. The summed E-state index contributed by atoms with van der Waals surface area (Å²) < 4.78 is 26.5. The molecule has 0 radical (unpaired) electrons. The Morgan fingerprint density at radius 1 is 0.680 bits per heavy atom. The molecule has 0 rings (SSSR count). The number of esters is 1. The van der Waals surface area contributed by atoms with E-state index in [0.717, 1.165) is 6.42 Å². The molecule has 0 heterocycles. The molecule has 0 bridgehead atoms. The van der Waals surface area contributed by atoms with E-state index in [2.05, 4.69) is 0 Å². The van der Waals surface area contributed by atoms with E-state index in [1.54, 1.807) is 6.92 Å². The Labute approximate surface area is 151 Å². The van der Waals surface area contributed by atoms with Crippen LogP contribution in [0.3, 0.4) is 0 Å². The van der Waals surface area contributed by atoms with Crippen molar-refractivity contribution in [1.29, 1.82) is 0 Å². The van der Waals surface area contributed by atoms with Crippen LogP contribution in [-0.2, 0) is 33.3 Å². The van der Waals surface area contributed by atoms with E-state index in [0.29, 0.717) is 59.3 Å². The second-order valence-corrected chi connectivity index (χ2v) is 6.59. The number of carbonyl (C=O) groups excluding carboxylic acids is 2. The lowest BCUT2D eigenvalue weighted by Gasteiger charge is -2.19. The van der Waals surface area contributed by atoms with Gasteiger partial charge in [-0.15, -0.1) is 0 Å². The Morgan fingerprint density at radius 3 is 1.56 bits per heavy atom. The first kappa shape index (κ1) is 24.0. The van der Waals surface area contributed by atoms with E-state index in [9.17, 15) is 9.59 Å². The molecule has 0 fully saturated rings. The lowest BCUT2D eigenvalue weighted by molar-refractivity contribution is -0.156. The molecule has 0 spiro atoms. The van der Waals surface area contributed by atoms with Gasteiger partial charge in [-0.05, 0) is 34.1 Å². The summed E-state index contributed by atoms with van der Waals surface area (Å²) in [6.07, 6.45) is 1.56. The molecule has 0 aliphatic heterocycles. The molecule has 0 aliphatic rings. The second kappa shape index (κ2) is 15.3. The monoisotopic (exact) mass is 362 g/mol. The third-order valence-electron chi connectivity index (χ3n) is 2.80. The first-order valence-electron chi connectivity index (χ1n) is 8.83. The van der Waals surface area contributed by atoms with Crippen LogP contribution in [-0.4, -0.2) is 70.2 Å². The molecule has 0 aromatic rings. The van der Waals surface area contributed by atoms with Crippen LogP contribution in [0.1, 0.15) is 47.0 Å². The van der Waals surface area contributed by atoms with Crippen molar-refractivity contribution >= 4 is 11.8 Å². The molecule has 0 aliphatic carbocycles. The summed E-state index contributed by atoms with van der Waals surface area (Å²) >= 11 is 0. The molecule has 0 atom stereocenters. The van der Waals surface area contributed by atoms with Crippen molar-refractivity contribution in [3.05, 3.63) is 0 Å². The first-order valence-corrected chi connectivity index (χ1v) is 8.83. The van der Waals surface area contributed by atoms with Crippen molar-refractivity contribution in [2.24, 2.45) is 0 Å². The fraction of sp³-hybridized carbons (Fsp3) is 0.889. The summed E-state index contributed by atoms with van der Waals surface area (Å²) in [7, 11) is 0. The van der Waals surface area contributed by atoms with Gasteiger partial charge in [-0.2, -0.15) is 0 Å². The van der Waals surface area contributed by atoms with Gasteiger partial charge in [-0.25, -0.2) is 0 Å². The Morgan fingerprint density at radius 2 is 1.12 bits per heavy atom. The molecule has 0 saturated carbocycles. The predicted molar refractivity (Wildman–Crippen MR) is 93.7 cm³/mol. The minimum absolute atomic E-state index is 0.186. The van der Waals surface area contributed by atoms with Crippen molar-refractivity contribution in [2.75, 3.05) is 52.9 Å². The van der Waals surface area contributed by atoms with Crippen LogP contribution in [0.15, 0.2) is 0 Å². The van der Waals surface area contributed by atoms with Gasteiger partial charge in [0, 0.05) is 13.0 Å². The average Bonchev–Trinajstić information content (AvgIpc) is 2.49. The van der Waals surface area contributed by atoms with E-state index < -0.39 is 5.60 Å². The summed E-state index contributed by atoms with van der Waals surface area (Å²) in [6, 6.07) is 0. The maximum Gasteiger partial charge on any atom is 0.308 e.